The van der Waals surface area contributed by atoms with Crippen LogP contribution < -0.4 is 5.32 Å². The van der Waals surface area contributed by atoms with E-state index >= 15 is 0 Å². The van der Waals surface area contributed by atoms with E-state index in [0.29, 0.717) is 24.5 Å². The summed E-state index contributed by atoms with van der Waals surface area (Å²) in [5, 5.41) is 3.12. The predicted octanol–water partition coefficient (Wildman–Crippen LogP) is 2.01. The van der Waals surface area contributed by atoms with Gasteiger partial charge in [0.15, 0.2) is 0 Å². The Labute approximate surface area is 115 Å². The summed E-state index contributed by atoms with van der Waals surface area (Å²) in [6.45, 7) is 4.18. The molecule has 1 rings (SSSR count). The number of hydrogen-bond donors (Lipinski definition) is 1. The van der Waals surface area contributed by atoms with Crippen molar-refractivity contribution in [3.8, 4) is 0 Å². The van der Waals surface area contributed by atoms with Crippen LogP contribution in [0.1, 0.15) is 30.1 Å². The maximum atomic E-state index is 12.2. The summed E-state index contributed by atoms with van der Waals surface area (Å²) in [4.78, 5) is 18.1. The Morgan fingerprint density at radius 1 is 1.53 bits per heavy atom. The van der Waals surface area contributed by atoms with Crippen molar-refractivity contribution in [1.29, 1.82) is 0 Å². The lowest BCUT2D eigenvalue weighted by atomic mass is 10.2. The molecule has 19 heavy (non-hydrogen) atoms. The van der Waals surface area contributed by atoms with Crippen LogP contribution in [0.3, 0.4) is 0 Å². The van der Waals surface area contributed by atoms with E-state index in [4.69, 9.17) is 4.74 Å². The molecule has 0 aliphatic heterocycles. The highest BCUT2D eigenvalue weighted by atomic mass is 16.5. The number of ether oxygens (including phenoxy) is 1. The molecule has 1 amide bonds. The lowest BCUT2D eigenvalue weighted by molar-refractivity contribution is 0.0793. The van der Waals surface area contributed by atoms with Crippen LogP contribution in [0.15, 0.2) is 18.3 Å². The lowest BCUT2D eigenvalue weighted by Crippen LogP contribution is -2.27. The van der Waals surface area contributed by atoms with Gasteiger partial charge < -0.3 is 15.0 Å². The summed E-state index contributed by atoms with van der Waals surface area (Å²) in [6, 6.07) is 3.52. The van der Waals surface area contributed by atoms with Gasteiger partial charge in [0.1, 0.15) is 5.82 Å². The number of amides is 1. The SMILES string of the molecule is CCCCN(C)C(=O)c1ccnc(NCCOC)c1. The number of pyridine rings is 1. The topological polar surface area (TPSA) is 54.5 Å². The summed E-state index contributed by atoms with van der Waals surface area (Å²) in [5.41, 5.74) is 0.661. The monoisotopic (exact) mass is 265 g/mol. The summed E-state index contributed by atoms with van der Waals surface area (Å²) in [7, 11) is 3.48. The Kier molecular flexibility index (Phi) is 6.89. The molecule has 0 spiro atoms. The molecule has 5 nitrogen and oxygen atoms in total. The number of anilines is 1. The van der Waals surface area contributed by atoms with Gasteiger partial charge in [0.05, 0.1) is 6.61 Å². The number of methoxy groups -OCH3 is 1. The fraction of sp³-hybridized carbons (Fsp3) is 0.571. The van der Waals surface area contributed by atoms with Crippen LogP contribution in [0, 0.1) is 0 Å². The Balaban J connectivity index is 2.61. The van der Waals surface area contributed by atoms with Gasteiger partial charge in [-0.2, -0.15) is 0 Å². The molecule has 0 radical (unpaired) electrons. The van der Waals surface area contributed by atoms with Crippen LogP contribution in [-0.2, 0) is 4.74 Å². The Hall–Kier alpha value is -1.62. The fourth-order valence-corrected chi connectivity index (χ4v) is 1.66. The molecule has 1 heterocycles. The first-order valence-electron chi connectivity index (χ1n) is 6.63. The van der Waals surface area contributed by atoms with Gasteiger partial charge in [0.25, 0.3) is 5.91 Å². The van der Waals surface area contributed by atoms with E-state index in [0.717, 1.165) is 19.4 Å². The van der Waals surface area contributed by atoms with Gasteiger partial charge in [0.2, 0.25) is 0 Å². The van der Waals surface area contributed by atoms with E-state index in [1.54, 1.807) is 30.3 Å². The van der Waals surface area contributed by atoms with Crippen molar-refractivity contribution in [2.75, 3.05) is 39.2 Å². The average Bonchev–Trinajstić information content (AvgIpc) is 2.44. The minimum atomic E-state index is 0.0330. The number of aromatic nitrogens is 1. The zero-order chi connectivity index (χ0) is 14.1. The van der Waals surface area contributed by atoms with Crippen molar-refractivity contribution >= 4 is 11.7 Å². The molecule has 1 aromatic rings. The van der Waals surface area contributed by atoms with E-state index in [2.05, 4.69) is 17.2 Å². The summed E-state index contributed by atoms with van der Waals surface area (Å²) < 4.78 is 4.96. The van der Waals surface area contributed by atoms with Crippen molar-refractivity contribution in [1.82, 2.24) is 9.88 Å². The third-order valence-corrected chi connectivity index (χ3v) is 2.81. The first-order valence-corrected chi connectivity index (χ1v) is 6.63. The van der Waals surface area contributed by atoms with E-state index in [9.17, 15) is 4.79 Å². The number of carbonyl (C=O) groups excluding carboxylic acids is 1. The molecule has 1 N–H and O–H groups in total. The van der Waals surface area contributed by atoms with Crippen LogP contribution in [0.2, 0.25) is 0 Å². The molecule has 0 aromatic carbocycles. The van der Waals surface area contributed by atoms with Crippen LogP contribution in [0.4, 0.5) is 5.82 Å². The van der Waals surface area contributed by atoms with Crippen LogP contribution in [0.5, 0.6) is 0 Å². The molecule has 1 aromatic heterocycles. The maximum Gasteiger partial charge on any atom is 0.253 e. The molecule has 106 valence electrons. The van der Waals surface area contributed by atoms with Gasteiger partial charge in [-0.15, -0.1) is 0 Å². The molecule has 0 aliphatic carbocycles. The highest BCUT2D eigenvalue weighted by molar-refractivity contribution is 5.94. The first-order chi connectivity index (χ1) is 9.19. The Bertz CT molecular complexity index is 396. The summed E-state index contributed by atoms with van der Waals surface area (Å²) in [6.07, 6.45) is 3.75. The third kappa shape index (κ3) is 5.26. The predicted molar refractivity (Wildman–Crippen MR) is 76.5 cm³/mol. The fourth-order valence-electron chi connectivity index (χ4n) is 1.66. The number of nitrogens with one attached hydrogen (secondary N) is 1. The van der Waals surface area contributed by atoms with Crippen molar-refractivity contribution in [3.05, 3.63) is 23.9 Å². The van der Waals surface area contributed by atoms with Crippen molar-refractivity contribution in [2.24, 2.45) is 0 Å². The number of carbonyl (C=O) groups is 1. The molecule has 0 saturated heterocycles. The summed E-state index contributed by atoms with van der Waals surface area (Å²) >= 11 is 0. The minimum Gasteiger partial charge on any atom is -0.383 e. The maximum absolute atomic E-state index is 12.2. The Morgan fingerprint density at radius 3 is 3.00 bits per heavy atom. The zero-order valence-electron chi connectivity index (χ0n) is 12.0. The van der Waals surface area contributed by atoms with Crippen molar-refractivity contribution in [3.63, 3.8) is 0 Å². The highest BCUT2D eigenvalue weighted by Gasteiger charge is 2.11. The Morgan fingerprint density at radius 2 is 2.32 bits per heavy atom. The molecule has 0 bridgehead atoms. The van der Waals surface area contributed by atoms with E-state index in [1.807, 2.05) is 7.05 Å². The van der Waals surface area contributed by atoms with Gasteiger partial charge >= 0.3 is 0 Å². The largest absolute Gasteiger partial charge is 0.383 e. The highest BCUT2D eigenvalue weighted by Crippen LogP contribution is 2.09. The normalized spacial score (nSPS) is 10.3. The second-order valence-electron chi connectivity index (χ2n) is 4.43. The summed E-state index contributed by atoms with van der Waals surface area (Å²) in [5.74, 6) is 0.734. The molecule has 0 unspecified atom stereocenters. The van der Waals surface area contributed by atoms with Gasteiger partial charge in [-0.3, -0.25) is 4.79 Å². The molecule has 0 atom stereocenters. The third-order valence-electron chi connectivity index (χ3n) is 2.81. The van der Waals surface area contributed by atoms with Crippen molar-refractivity contribution < 1.29 is 9.53 Å². The van der Waals surface area contributed by atoms with Crippen molar-refractivity contribution in [2.45, 2.75) is 19.8 Å². The number of nitrogens with zero attached hydrogens (tertiary/aromatic N) is 2. The quantitative estimate of drug-likeness (QED) is 0.731. The molecule has 0 fully saturated rings. The van der Waals surface area contributed by atoms with E-state index < -0.39 is 0 Å². The molecular weight excluding hydrogens is 242 g/mol. The average molecular weight is 265 g/mol. The molecule has 0 aliphatic rings. The first kappa shape index (κ1) is 15.4. The second kappa shape index (κ2) is 8.48. The standard InChI is InChI=1S/C14H23N3O2/c1-4-5-9-17(2)14(18)12-6-7-15-13(11-12)16-8-10-19-3/h6-7,11H,4-5,8-10H2,1-3H3,(H,15,16). The lowest BCUT2D eigenvalue weighted by Gasteiger charge is -2.17. The van der Waals surface area contributed by atoms with Gasteiger partial charge in [-0.05, 0) is 18.6 Å². The number of hydrogen-bond acceptors (Lipinski definition) is 4. The van der Waals surface area contributed by atoms with Crippen LogP contribution in [0.25, 0.3) is 0 Å². The molecule has 5 heteroatoms. The van der Waals surface area contributed by atoms with Gasteiger partial charge in [-0.1, -0.05) is 13.3 Å². The molecular formula is C14H23N3O2. The van der Waals surface area contributed by atoms with Gasteiger partial charge in [-0.25, -0.2) is 4.98 Å². The zero-order valence-corrected chi connectivity index (χ0v) is 12.0. The van der Waals surface area contributed by atoms with E-state index in [1.165, 1.54) is 0 Å². The van der Waals surface area contributed by atoms with Crippen LogP contribution >= 0.6 is 0 Å². The second-order valence-corrected chi connectivity index (χ2v) is 4.43. The number of unbranched alkanes of at least 4 members (excludes halogenated alkanes) is 1. The van der Waals surface area contributed by atoms with E-state index in [-0.39, 0.29) is 5.91 Å². The molecule has 0 saturated carbocycles. The van der Waals surface area contributed by atoms with Gasteiger partial charge in [0, 0.05) is 39.0 Å². The van der Waals surface area contributed by atoms with Crippen LogP contribution in [-0.4, -0.2) is 49.6 Å². The number of rotatable bonds is 8. The minimum absolute atomic E-state index is 0.0330. The smallest absolute Gasteiger partial charge is 0.253 e.